The summed E-state index contributed by atoms with van der Waals surface area (Å²) in [5.74, 6) is 8.62. The van der Waals surface area contributed by atoms with E-state index in [0.29, 0.717) is 23.6 Å². The fourth-order valence-electron chi connectivity index (χ4n) is 4.35. The van der Waals surface area contributed by atoms with Crippen molar-refractivity contribution in [1.29, 1.82) is 0 Å². The molecule has 19 heavy (non-hydrogen) atoms. The molecule has 4 rings (SSSR count). The van der Waals surface area contributed by atoms with Crippen LogP contribution in [0.15, 0.2) is 6.07 Å². The van der Waals surface area contributed by atoms with Gasteiger partial charge in [-0.05, 0) is 30.6 Å². The number of anilines is 3. The zero-order valence-corrected chi connectivity index (χ0v) is 10.5. The van der Waals surface area contributed by atoms with Crippen molar-refractivity contribution in [1.82, 2.24) is 9.97 Å². The molecular weight excluding hydrogens is 244 g/mol. The Bertz CT molecular complexity index is 521. The Hall–Kier alpha value is -1.60. The van der Waals surface area contributed by atoms with Gasteiger partial charge in [-0.25, -0.2) is 5.84 Å². The van der Waals surface area contributed by atoms with E-state index in [1.807, 2.05) is 0 Å². The first-order valence-corrected chi connectivity index (χ1v) is 6.73. The van der Waals surface area contributed by atoms with Gasteiger partial charge in [0.1, 0.15) is 11.6 Å². The Morgan fingerprint density at radius 2 is 2.16 bits per heavy atom. The van der Waals surface area contributed by atoms with Gasteiger partial charge in [0.15, 0.2) is 0 Å². The smallest absolute Gasteiger partial charge is 0.223 e. The van der Waals surface area contributed by atoms with Crippen LogP contribution < -0.4 is 21.9 Å². The van der Waals surface area contributed by atoms with Crippen molar-refractivity contribution in [3.8, 4) is 0 Å². The first-order chi connectivity index (χ1) is 9.17. The van der Waals surface area contributed by atoms with Gasteiger partial charge in [0, 0.05) is 12.6 Å². The van der Waals surface area contributed by atoms with Crippen molar-refractivity contribution >= 4 is 17.6 Å². The molecule has 2 heterocycles. The van der Waals surface area contributed by atoms with Crippen LogP contribution in [0.1, 0.15) is 12.8 Å². The molecule has 1 aliphatic heterocycles. The van der Waals surface area contributed by atoms with Crippen LogP contribution in [0.4, 0.5) is 17.6 Å². The number of fused-ring (bicyclic) bond motifs is 1. The Kier molecular flexibility index (Phi) is 2.19. The second-order valence-corrected chi connectivity index (χ2v) is 5.90. The van der Waals surface area contributed by atoms with E-state index in [1.165, 1.54) is 0 Å². The SMILES string of the molecule is NNc1cc(N2CC3CC4CC3C2C4O)nc(N)n1. The van der Waals surface area contributed by atoms with Crippen molar-refractivity contribution in [2.45, 2.75) is 25.0 Å². The van der Waals surface area contributed by atoms with Crippen LogP contribution in [0.2, 0.25) is 0 Å². The lowest BCUT2D eigenvalue weighted by atomic mass is 9.88. The van der Waals surface area contributed by atoms with E-state index in [2.05, 4.69) is 20.3 Å². The third kappa shape index (κ3) is 1.45. The fraction of sp³-hybridized carbons (Fsp3) is 0.667. The van der Waals surface area contributed by atoms with E-state index in [9.17, 15) is 5.11 Å². The van der Waals surface area contributed by atoms with Crippen LogP contribution in [0.3, 0.4) is 0 Å². The molecule has 2 aliphatic carbocycles. The van der Waals surface area contributed by atoms with Crippen LogP contribution in [0, 0.1) is 17.8 Å². The molecule has 1 aromatic heterocycles. The Labute approximate surface area is 111 Å². The highest BCUT2D eigenvalue weighted by atomic mass is 16.3. The minimum atomic E-state index is -0.241. The number of nitrogens with two attached hydrogens (primary N) is 2. The summed E-state index contributed by atoms with van der Waals surface area (Å²) in [5.41, 5.74) is 8.22. The third-order valence-electron chi connectivity index (χ3n) is 5.02. The predicted molar refractivity (Wildman–Crippen MR) is 71.1 cm³/mol. The van der Waals surface area contributed by atoms with Gasteiger partial charge in [-0.1, -0.05) is 0 Å². The van der Waals surface area contributed by atoms with Crippen molar-refractivity contribution < 1.29 is 5.11 Å². The van der Waals surface area contributed by atoms with Crippen molar-refractivity contribution in [3.63, 3.8) is 0 Å². The summed E-state index contributed by atoms with van der Waals surface area (Å²) >= 11 is 0. The highest BCUT2D eigenvalue weighted by Gasteiger charge is 2.59. The average molecular weight is 262 g/mol. The largest absolute Gasteiger partial charge is 0.391 e. The Balaban J connectivity index is 1.72. The minimum absolute atomic E-state index is 0.184. The molecule has 7 nitrogen and oxygen atoms in total. The standard InChI is InChI=1S/C12H18N6O/c13-12-15-8(17-14)3-9(16-12)18-4-6-1-5-2-7(6)10(18)11(5)19/h3,5-7,10-11,19H,1-2,4,14H2,(H3,13,15,16,17). The maximum absolute atomic E-state index is 10.4. The lowest BCUT2D eigenvalue weighted by Crippen LogP contribution is -2.41. The van der Waals surface area contributed by atoms with Crippen LogP contribution >= 0.6 is 0 Å². The first-order valence-electron chi connectivity index (χ1n) is 6.73. The van der Waals surface area contributed by atoms with Crippen LogP contribution in [0.25, 0.3) is 0 Å². The molecule has 7 heteroatoms. The number of nitrogen functional groups attached to an aromatic ring is 2. The molecule has 2 bridgehead atoms. The van der Waals surface area contributed by atoms with Crippen molar-refractivity contribution in [2.75, 3.05) is 22.6 Å². The van der Waals surface area contributed by atoms with Crippen LogP contribution in [-0.2, 0) is 0 Å². The van der Waals surface area contributed by atoms with Crippen LogP contribution in [0.5, 0.6) is 0 Å². The van der Waals surface area contributed by atoms with Gasteiger partial charge < -0.3 is 21.2 Å². The number of aliphatic hydroxyl groups excluding tert-OH is 1. The van der Waals surface area contributed by atoms with Gasteiger partial charge in [0.25, 0.3) is 0 Å². The first kappa shape index (κ1) is 11.2. The molecule has 3 aliphatic rings. The van der Waals surface area contributed by atoms with Gasteiger partial charge in [-0.3, -0.25) is 0 Å². The van der Waals surface area contributed by atoms with E-state index >= 15 is 0 Å². The Morgan fingerprint density at radius 1 is 1.32 bits per heavy atom. The molecule has 5 unspecified atom stereocenters. The highest BCUT2D eigenvalue weighted by Crippen LogP contribution is 2.55. The third-order valence-corrected chi connectivity index (χ3v) is 5.02. The number of hydrazine groups is 1. The molecule has 5 atom stereocenters. The second-order valence-electron chi connectivity index (χ2n) is 5.90. The number of rotatable bonds is 2. The van der Waals surface area contributed by atoms with E-state index in [4.69, 9.17) is 11.6 Å². The lowest BCUT2D eigenvalue weighted by molar-refractivity contribution is 0.0965. The molecule has 1 aromatic rings. The summed E-state index contributed by atoms with van der Waals surface area (Å²) in [7, 11) is 0. The zero-order chi connectivity index (χ0) is 13.1. The number of hydrogen-bond donors (Lipinski definition) is 4. The van der Waals surface area contributed by atoms with Crippen molar-refractivity contribution in [2.24, 2.45) is 23.6 Å². The summed E-state index contributed by atoms with van der Waals surface area (Å²) in [4.78, 5) is 10.5. The normalized spacial score (nSPS) is 39.1. The summed E-state index contributed by atoms with van der Waals surface area (Å²) in [6.07, 6.45) is 2.05. The van der Waals surface area contributed by atoms with E-state index in [0.717, 1.165) is 25.2 Å². The topological polar surface area (TPSA) is 113 Å². The molecule has 0 aromatic carbocycles. The molecule has 0 spiro atoms. The van der Waals surface area contributed by atoms with Gasteiger partial charge in [-0.15, -0.1) is 0 Å². The number of aliphatic hydroxyl groups is 1. The zero-order valence-electron chi connectivity index (χ0n) is 10.5. The number of nitrogens with one attached hydrogen (secondary N) is 1. The van der Waals surface area contributed by atoms with Crippen molar-refractivity contribution in [3.05, 3.63) is 6.07 Å². The molecular formula is C12H18N6O. The molecule has 102 valence electrons. The number of nitrogens with zero attached hydrogens (tertiary/aromatic N) is 3. The fourth-order valence-corrected chi connectivity index (χ4v) is 4.35. The molecule has 6 N–H and O–H groups in total. The molecule has 0 radical (unpaired) electrons. The maximum Gasteiger partial charge on any atom is 0.223 e. The lowest BCUT2D eigenvalue weighted by Gasteiger charge is -2.29. The Morgan fingerprint density at radius 3 is 2.89 bits per heavy atom. The summed E-state index contributed by atoms with van der Waals surface area (Å²) in [6, 6.07) is 1.98. The van der Waals surface area contributed by atoms with Gasteiger partial charge >= 0.3 is 0 Å². The second kappa shape index (κ2) is 3.71. The minimum Gasteiger partial charge on any atom is -0.391 e. The van der Waals surface area contributed by atoms with E-state index in [1.54, 1.807) is 6.07 Å². The molecule has 1 saturated heterocycles. The van der Waals surface area contributed by atoms with Gasteiger partial charge in [0.2, 0.25) is 5.95 Å². The van der Waals surface area contributed by atoms with Gasteiger partial charge in [-0.2, -0.15) is 9.97 Å². The number of hydrogen-bond acceptors (Lipinski definition) is 7. The molecule has 0 amide bonds. The summed E-state index contributed by atoms with van der Waals surface area (Å²) < 4.78 is 0. The number of aromatic nitrogens is 2. The van der Waals surface area contributed by atoms with E-state index in [-0.39, 0.29) is 18.1 Å². The van der Waals surface area contributed by atoms with Crippen LogP contribution in [-0.4, -0.2) is 33.8 Å². The quantitative estimate of drug-likeness (QED) is 0.421. The van der Waals surface area contributed by atoms with Gasteiger partial charge in [0.05, 0.1) is 12.1 Å². The maximum atomic E-state index is 10.4. The van der Waals surface area contributed by atoms with E-state index < -0.39 is 0 Å². The predicted octanol–water partition coefficient (Wildman–Crippen LogP) is -0.450. The summed E-state index contributed by atoms with van der Waals surface area (Å²) in [5, 5.41) is 10.4. The molecule has 3 fully saturated rings. The summed E-state index contributed by atoms with van der Waals surface area (Å²) in [6.45, 7) is 0.948. The highest BCUT2D eigenvalue weighted by molar-refractivity contribution is 5.54. The monoisotopic (exact) mass is 262 g/mol. The average Bonchev–Trinajstić information content (AvgIpc) is 2.99. The molecule has 2 saturated carbocycles.